The molecule has 1 amide bonds. The SMILES string of the molecule is CN(C(=O)/C=C/c1ccoc1)[C@H]1CC[C@]2(O)[C@@H]3Cc4ccc(O)c5c4[C@]2(CC[N+]3(O)CC2CC2)[C@@H]1O5.O. The summed E-state index contributed by atoms with van der Waals surface area (Å²) in [6.45, 7) is 1.21. The van der Waals surface area contributed by atoms with Gasteiger partial charge in [-0.1, -0.05) is 6.07 Å². The Labute approximate surface area is 215 Å². The number of phenolic OH excluding ortho intramolecular Hbond substituents is 1. The molecule has 2 saturated carbocycles. The number of amides is 1. The molecule has 0 radical (unpaired) electrons. The maximum Gasteiger partial charge on any atom is 0.246 e. The lowest BCUT2D eigenvalue weighted by Gasteiger charge is -2.64. The molecular formula is C28H35N2O7+. The van der Waals surface area contributed by atoms with Crippen LogP contribution in [-0.2, 0) is 16.6 Å². The van der Waals surface area contributed by atoms with Gasteiger partial charge >= 0.3 is 0 Å². The number of phenols is 1. The summed E-state index contributed by atoms with van der Waals surface area (Å²) in [5.41, 5.74) is 0.769. The Kier molecular flexibility index (Phi) is 5.34. The zero-order valence-electron chi connectivity index (χ0n) is 21.0. The van der Waals surface area contributed by atoms with Crippen LogP contribution in [0.3, 0.4) is 0 Å². The van der Waals surface area contributed by atoms with Gasteiger partial charge in [-0.05, 0) is 49.5 Å². The van der Waals surface area contributed by atoms with Crippen LogP contribution in [0, 0.1) is 5.92 Å². The molecule has 2 aliphatic heterocycles. The quantitative estimate of drug-likeness (QED) is 0.416. The minimum absolute atomic E-state index is 0. The van der Waals surface area contributed by atoms with E-state index >= 15 is 0 Å². The Hall–Kier alpha value is -2.85. The fourth-order valence-electron chi connectivity index (χ4n) is 7.97. The van der Waals surface area contributed by atoms with Crippen LogP contribution in [0.4, 0.5) is 0 Å². The molecule has 7 rings (SSSR count). The summed E-state index contributed by atoms with van der Waals surface area (Å²) in [6, 6.07) is 4.73. The second-order valence-electron chi connectivity index (χ2n) is 11.6. The van der Waals surface area contributed by atoms with Crippen molar-refractivity contribution in [3.8, 4) is 11.5 Å². The van der Waals surface area contributed by atoms with Crippen molar-refractivity contribution in [2.24, 2.45) is 5.92 Å². The fourth-order valence-corrected chi connectivity index (χ4v) is 7.97. The smallest absolute Gasteiger partial charge is 0.246 e. The van der Waals surface area contributed by atoms with Gasteiger partial charge in [0.1, 0.15) is 24.8 Å². The van der Waals surface area contributed by atoms with Gasteiger partial charge in [-0.25, -0.2) is 5.21 Å². The van der Waals surface area contributed by atoms with Gasteiger partial charge in [0.2, 0.25) is 5.91 Å². The minimum atomic E-state index is -1.18. The van der Waals surface area contributed by atoms with Crippen molar-refractivity contribution >= 4 is 12.0 Å². The number of hydrogen-bond acceptors (Lipinski definition) is 6. The standard InChI is InChI=1S/C28H32N2O6.H2O/c1-29(23(32)7-4-18-9-13-35-16-18)20-8-10-28(33)22-14-19-5-6-21(31)25-24(19)27(28,26(20)36-25)11-12-30(22,34)15-17-2-3-17;/h4-7,9,13,16-17,20,22,26,33-34H,2-3,8,10-12,14-15H2,1H3;1H2/p+1/b7-4+;/t20-,22-,26+,27+,28-,30?;/m0./s1. The van der Waals surface area contributed by atoms with Crippen molar-refractivity contribution in [2.75, 3.05) is 20.1 Å². The molecule has 2 aromatic rings. The van der Waals surface area contributed by atoms with E-state index in [1.54, 1.807) is 42.7 Å². The molecule has 9 heteroatoms. The number of aliphatic hydroxyl groups is 1. The van der Waals surface area contributed by atoms with Gasteiger partial charge in [0.05, 0.1) is 24.0 Å². The van der Waals surface area contributed by atoms with E-state index in [4.69, 9.17) is 9.15 Å². The number of rotatable bonds is 5. The molecule has 6 atom stereocenters. The van der Waals surface area contributed by atoms with Crippen molar-refractivity contribution in [2.45, 2.75) is 67.7 Å². The van der Waals surface area contributed by atoms with Crippen LogP contribution >= 0.6 is 0 Å². The highest BCUT2D eigenvalue weighted by molar-refractivity contribution is 5.91. The van der Waals surface area contributed by atoms with Gasteiger partial charge in [-0.3, -0.25) is 4.79 Å². The van der Waals surface area contributed by atoms with Crippen LogP contribution in [0.15, 0.2) is 41.2 Å². The predicted octanol–water partition coefficient (Wildman–Crippen LogP) is 2.17. The molecule has 1 saturated heterocycles. The summed E-state index contributed by atoms with van der Waals surface area (Å²) >= 11 is 0. The summed E-state index contributed by atoms with van der Waals surface area (Å²) in [4.78, 5) is 14.9. The van der Waals surface area contributed by atoms with E-state index in [9.17, 15) is 20.2 Å². The summed E-state index contributed by atoms with van der Waals surface area (Å²) in [5.74, 6) is 0.869. The van der Waals surface area contributed by atoms with E-state index in [2.05, 4.69) is 0 Å². The van der Waals surface area contributed by atoms with E-state index in [0.717, 1.165) is 29.5 Å². The molecule has 3 aliphatic carbocycles. The van der Waals surface area contributed by atoms with Crippen molar-refractivity contribution in [1.82, 2.24) is 4.90 Å². The van der Waals surface area contributed by atoms with Crippen LogP contribution in [0.2, 0.25) is 0 Å². The molecule has 2 bridgehead atoms. The van der Waals surface area contributed by atoms with Crippen LogP contribution in [-0.4, -0.2) is 80.3 Å². The number of likely N-dealkylation sites (tertiary alicyclic amines) is 1. The molecule has 3 fully saturated rings. The number of aromatic hydroxyl groups is 1. The number of quaternary nitrogens is 1. The largest absolute Gasteiger partial charge is 0.504 e. The zero-order valence-corrected chi connectivity index (χ0v) is 21.0. The predicted molar refractivity (Wildman–Crippen MR) is 133 cm³/mol. The number of nitrogens with zero attached hydrogens (tertiary/aromatic N) is 2. The number of likely N-dealkylation sites (N-methyl/N-ethyl adjacent to an activating group) is 1. The van der Waals surface area contributed by atoms with Crippen LogP contribution in [0.5, 0.6) is 11.5 Å². The lowest BCUT2D eigenvalue weighted by molar-refractivity contribution is -1.13. The average Bonchev–Trinajstić information content (AvgIpc) is 3.36. The number of furan rings is 1. The van der Waals surface area contributed by atoms with E-state index < -0.39 is 17.1 Å². The van der Waals surface area contributed by atoms with E-state index in [1.807, 2.05) is 6.07 Å². The molecular weight excluding hydrogens is 476 g/mol. The third-order valence-electron chi connectivity index (χ3n) is 9.86. The second-order valence-corrected chi connectivity index (χ2v) is 11.6. The number of piperidine rings is 1. The monoisotopic (exact) mass is 511 g/mol. The average molecular weight is 512 g/mol. The number of carbonyl (C=O) groups excluding carboxylic acids is 1. The molecule has 1 aromatic heterocycles. The van der Waals surface area contributed by atoms with Crippen LogP contribution < -0.4 is 4.74 Å². The number of hydroxylamine groups is 3. The van der Waals surface area contributed by atoms with Crippen molar-refractivity contribution < 1.29 is 39.5 Å². The molecule has 5 N–H and O–H groups in total. The van der Waals surface area contributed by atoms with Crippen molar-refractivity contribution in [1.29, 1.82) is 0 Å². The van der Waals surface area contributed by atoms with Crippen LogP contribution in [0.1, 0.15) is 48.8 Å². The van der Waals surface area contributed by atoms with Gasteiger partial charge in [-0.2, -0.15) is 4.65 Å². The first-order valence-corrected chi connectivity index (χ1v) is 13.1. The number of benzene rings is 1. The van der Waals surface area contributed by atoms with Crippen LogP contribution in [0.25, 0.3) is 6.08 Å². The van der Waals surface area contributed by atoms with Gasteiger partial charge in [0.25, 0.3) is 0 Å². The Morgan fingerprint density at radius 1 is 1.24 bits per heavy atom. The summed E-state index contributed by atoms with van der Waals surface area (Å²) in [6.07, 6.45) is 10.3. The highest BCUT2D eigenvalue weighted by Crippen LogP contribution is 2.66. The van der Waals surface area contributed by atoms with Gasteiger partial charge in [0, 0.05) is 43.0 Å². The Balaban J connectivity index is 0.00000252. The molecule has 9 nitrogen and oxygen atoms in total. The molecule has 198 valence electrons. The lowest BCUT2D eigenvalue weighted by atomic mass is 9.48. The van der Waals surface area contributed by atoms with Gasteiger partial charge in [0.15, 0.2) is 17.5 Å². The molecule has 37 heavy (non-hydrogen) atoms. The zero-order chi connectivity index (χ0) is 24.9. The van der Waals surface area contributed by atoms with Gasteiger partial charge in [-0.15, -0.1) is 0 Å². The number of ether oxygens (including phenoxy) is 1. The summed E-state index contributed by atoms with van der Waals surface area (Å²) in [7, 11) is 1.78. The van der Waals surface area contributed by atoms with Crippen molar-refractivity contribution in [3.05, 3.63) is 53.5 Å². The first kappa shape index (κ1) is 24.5. The first-order chi connectivity index (χ1) is 17.3. The topological polar surface area (TPSA) is 135 Å². The Morgan fingerprint density at radius 3 is 2.78 bits per heavy atom. The fraction of sp³-hybridized carbons (Fsp3) is 0.536. The van der Waals surface area contributed by atoms with E-state index in [0.29, 0.717) is 50.4 Å². The first-order valence-electron chi connectivity index (χ1n) is 13.1. The number of carbonyl (C=O) groups is 1. The van der Waals surface area contributed by atoms with Crippen molar-refractivity contribution in [3.63, 3.8) is 0 Å². The molecule has 1 aromatic carbocycles. The van der Waals surface area contributed by atoms with E-state index in [-0.39, 0.29) is 33.9 Å². The second kappa shape index (κ2) is 8.07. The number of hydrogen-bond donors (Lipinski definition) is 3. The van der Waals surface area contributed by atoms with E-state index in [1.165, 1.54) is 6.08 Å². The normalized spacial score (nSPS) is 37.0. The molecule has 5 aliphatic rings. The third-order valence-corrected chi connectivity index (χ3v) is 9.86. The maximum atomic E-state index is 13.2. The summed E-state index contributed by atoms with van der Waals surface area (Å²) < 4.78 is 11.5. The summed E-state index contributed by atoms with van der Waals surface area (Å²) in [5, 5.41) is 35.3. The van der Waals surface area contributed by atoms with Gasteiger partial charge < -0.3 is 29.7 Å². The Bertz CT molecular complexity index is 1260. The minimum Gasteiger partial charge on any atom is -0.504 e. The lowest BCUT2D eigenvalue weighted by Crippen LogP contribution is -2.82. The third kappa shape index (κ3) is 3.21. The highest BCUT2D eigenvalue weighted by atomic mass is 16.6. The highest BCUT2D eigenvalue weighted by Gasteiger charge is 2.77. The molecule has 1 spiro atoms. The molecule has 1 unspecified atom stereocenters. The molecule has 3 heterocycles. The maximum absolute atomic E-state index is 13.2. The Morgan fingerprint density at radius 2 is 2.05 bits per heavy atom.